The number of aromatic nitrogens is 4. The standard InChI is InChI=1S/C41H49N7O4/c1-24(2)21-36(49)47-19-7-9-34(47)38-42-30-17-15-28(22-32(30)44-38)26-11-13-27(14-12-26)29-16-18-31-33(23-29)45-39(43-31)35-10-8-20-48(35)40(50)37(25(3)4)46(5)41(51)52-6/h11-18,22-25,34-35,37H,7-10,19-21H2,1-6H3,(H,42,44)(H,43,45)/t34-,35-,37-/m0/s1. The molecule has 3 aromatic carbocycles. The van der Waals surface area contributed by atoms with E-state index in [9.17, 15) is 14.4 Å². The third-order valence-corrected chi connectivity index (χ3v) is 10.6. The Bertz CT molecular complexity index is 2100. The summed E-state index contributed by atoms with van der Waals surface area (Å²) in [6.45, 7) is 9.46. The molecule has 0 saturated carbocycles. The molecule has 0 radical (unpaired) electrons. The molecule has 5 aromatic rings. The zero-order chi connectivity index (χ0) is 36.7. The molecule has 272 valence electrons. The van der Waals surface area contributed by atoms with Crippen LogP contribution in [-0.4, -0.2) is 85.8 Å². The molecular weight excluding hydrogens is 654 g/mol. The smallest absolute Gasteiger partial charge is 0.409 e. The lowest BCUT2D eigenvalue weighted by Gasteiger charge is -2.34. The second kappa shape index (κ2) is 14.4. The summed E-state index contributed by atoms with van der Waals surface area (Å²) in [5.74, 6) is 2.00. The van der Waals surface area contributed by atoms with Crippen molar-refractivity contribution < 1.29 is 19.1 Å². The van der Waals surface area contributed by atoms with Gasteiger partial charge in [-0.1, -0.05) is 64.1 Å². The van der Waals surface area contributed by atoms with E-state index in [4.69, 9.17) is 14.7 Å². The predicted octanol–water partition coefficient (Wildman–Crippen LogP) is 7.87. The van der Waals surface area contributed by atoms with Crippen molar-refractivity contribution in [3.05, 3.63) is 72.3 Å². The molecule has 2 aliphatic rings. The number of H-pyrrole nitrogens is 2. The number of benzene rings is 3. The molecule has 0 bridgehead atoms. The fourth-order valence-corrected chi connectivity index (χ4v) is 8.04. The fourth-order valence-electron chi connectivity index (χ4n) is 8.04. The lowest BCUT2D eigenvalue weighted by molar-refractivity contribution is -0.138. The average Bonchev–Trinajstić information content (AvgIpc) is 3.95. The van der Waals surface area contributed by atoms with Crippen LogP contribution in [0, 0.1) is 11.8 Å². The lowest BCUT2D eigenvalue weighted by Crippen LogP contribution is -2.51. The summed E-state index contributed by atoms with van der Waals surface area (Å²) in [7, 11) is 2.95. The van der Waals surface area contributed by atoms with Crippen LogP contribution in [0.2, 0.25) is 0 Å². The van der Waals surface area contributed by atoms with Crippen molar-refractivity contribution in [1.29, 1.82) is 0 Å². The molecule has 2 saturated heterocycles. The van der Waals surface area contributed by atoms with Gasteiger partial charge in [0.05, 0.1) is 41.3 Å². The topological polar surface area (TPSA) is 128 Å². The highest BCUT2D eigenvalue weighted by molar-refractivity contribution is 5.87. The minimum atomic E-state index is -0.625. The van der Waals surface area contributed by atoms with Crippen LogP contribution >= 0.6 is 0 Å². The quantitative estimate of drug-likeness (QED) is 0.161. The van der Waals surface area contributed by atoms with E-state index in [2.05, 4.69) is 78.4 Å². The van der Waals surface area contributed by atoms with E-state index in [1.807, 2.05) is 29.7 Å². The molecule has 2 N–H and O–H groups in total. The van der Waals surface area contributed by atoms with Crippen molar-refractivity contribution in [3.63, 3.8) is 0 Å². The maximum atomic E-state index is 13.8. The van der Waals surface area contributed by atoms with Gasteiger partial charge in [0, 0.05) is 26.6 Å². The molecule has 11 nitrogen and oxygen atoms in total. The number of fused-ring (bicyclic) bond motifs is 2. The van der Waals surface area contributed by atoms with E-state index in [0.29, 0.717) is 18.9 Å². The molecule has 2 aromatic heterocycles. The van der Waals surface area contributed by atoms with Gasteiger partial charge in [-0.25, -0.2) is 14.8 Å². The van der Waals surface area contributed by atoms with Crippen molar-refractivity contribution in [2.75, 3.05) is 27.2 Å². The van der Waals surface area contributed by atoms with Gasteiger partial charge in [-0.15, -0.1) is 0 Å². The van der Waals surface area contributed by atoms with Crippen LogP contribution in [-0.2, 0) is 14.3 Å². The summed E-state index contributed by atoms with van der Waals surface area (Å²) < 4.78 is 4.92. The van der Waals surface area contributed by atoms with Crippen LogP contribution in [0.1, 0.15) is 83.5 Å². The monoisotopic (exact) mass is 703 g/mol. The van der Waals surface area contributed by atoms with E-state index in [1.54, 1.807) is 7.05 Å². The number of likely N-dealkylation sites (N-methyl/N-ethyl adjacent to an activating group) is 1. The van der Waals surface area contributed by atoms with E-state index >= 15 is 0 Å². The zero-order valence-electron chi connectivity index (χ0n) is 31.0. The number of amides is 3. The van der Waals surface area contributed by atoms with Crippen LogP contribution in [0.4, 0.5) is 4.79 Å². The van der Waals surface area contributed by atoms with Gasteiger partial charge in [0.1, 0.15) is 17.7 Å². The minimum absolute atomic E-state index is 0.00144. The summed E-state index contributed by atoms with van der Waals surface area (Å²) in [6.07, 6.45) is 3.63. The van der Waals surface area contributed by atoms with Crippen LogP contribution in [0.25, 0.3) is 44.3 Å². The average molecular weight is 704 g/mol. The summed E-state index contributed by atoms with van der Waals surface area (Å²) in [4.78, 5) is 61.2. The molecule has 11 heteroatoms. The highest BCUT2D eigenvalue weighted by atomic mass is 16.5. The van der Waals surface area contributed by atoms with Gasteiger partial charge in [-0.3, -0.25) is 14.5 Å². The van der Waals surface area contributed by atoms with Gasteiger partial charge in [-0.2, -0.15) is 0 Å². The maximum absolute atomic E-state index is 13.8. The Morgan fingerprint density at radius 3 is 1.73 bits per heavy atom. The molecule has 0 unspecified atom stereocenters. The lowest BCUT2D eigenvalue weighted by atomic mass is 10.00. The summed E-state index contributed by atoms with van der Waals surface area (Å²) in [5, 5.41) is 0. The number of carbonyl (C=O) groups excluding carboxylic acids is 3. The molecule has 7 rings (SSSR count). The first-order valence-corrected chi connectivity index (χ1v) is 18.5. The number of imidazole rings is 2. The Morgan fingerprint density at radius 1 is 0.769 bits per heavy atom. The Morgan fingerprint density at radius 2 is 1.25 bits per heavy atom. The van der Waals surface area contributed by atoms with E-state index in [0.717, 1.165) is 88.2 Å². The van der Waals surface area contributed by atoms with Gasteiger partial charge in [-0.05, 0) is 84.0 Å². The molecule has 0 spiro atoms. The molecule has 2 fully saturated rings. The second-order valence-corrected chi connectivity index (χ2v) is 15.1. The predicted molar refractivity (Wildman–Crippen MR) is 202 cm³/mol. The SMILES string of the molecule is COC(=O)N(C)[C@H](C(=O)N1CCC[C@H]1c1nc2ccc(-c3ccc(-c4ccc5nc([C@@H]6CCCN6C(=O)CC(C)C)[nH]c5c4)cc3)cc2[nH]1)C(C)C. The number of methoxy groups -OCH3 is 1. The third kappa shape index (κ3) is 6.76. The van der Waals surface area contributed by atoms with Crippen LogP contribution in [0.15, 0.2) is 60.7 Å². The Hall–Kier alpha value is -5.19. The molecule has 0 aliphatic carbocycles. The zero-order valence-corrected chi connectivity index (χ0v) is 31.0. The number of rotatable bonds is 9. The summed E-state index contributed by atoms with van der Waals surface area (Å²) >= 11 is 0. The van der Waals surface area contributed by atoms with Crippen molar-refractivity contribution in [1.82, 2.24) is 34.6 Å². The van der Waals surface area contributed by atoms with Gasteiger partial charge in [0.15, 0.2) is 0 Å². The Balaban J connectivity index is 1.08. The Labute approximate surface area is 304 Å². The molecule has 3 atom stereocenters. The van der Waals surface area contributed by atoms with Crippen LogP contribution in [0.3, 0.4) is 0 Å². The van der Waals surface area contributed by atoms with E-state index in [-0.39, 0.29) is 29.8 Å². The number of nitrogens with one attached hydrogen (secondary N) is 2. The number of carbonyl (C=O) groups is 3. The Kier molecular flexibility index (Phi) is 9.78. The molecule has 3 amide bonds. The van der Waals surface area contributed by atoms with Crippen molar-refractivity contribution >= 4 is 40.0 Å². The first-order chi connectivity index (χ1) is 25.0. The van der Waals surface area contributed by atoms with Crippen molar-refractivity contribution in [2.24, 2.45) is 11.8 Å². The maximum Gasteiger partial charge on any atom is 0.409 e. The molecule has 4 heterocycles. The van der Waals surface area contributed by atoms with Crippen LogP contribution < -0.4 is 0 Å². The van der Waals surface area contributed by atoms with Crippen molar-refractivity contribution in [2.45, 2.75) is 77.9 Å². The molecule has 52 heavy (non-hydrogen) atoms. The van der Waals surface area contributed by atoms with Gasteiger partial charge >= 0.3 is 6.09 Å². The van der Waals surface area contributed by atoms with E-state index < -0.39 is 12.1 Å². The van der Waals surface area contributed by atoms with E-state index in [1.165, 1.54) is 12.0 Å². The van der Waals surface area contributed by atoms with Gasteiger partial charge in [0.25, 0.3) is 0 Å². The third-order valence-electron chi connectivity index (χ3n) is 10.6. The summed E-state index contributed by atoms with van der Waals surface area (Å²) in [6, 6.07) is 20.2. The largest absolute Gasteiger partial charge is 0.453 e. The van der Waals surface area contributed by atoms with Crippen molar-refractivity contribution in [3.8, 4) is 22.3 Å². The highest BCUT2D eigenvalue weighted by Gasteiger charge is 2.40. The fraction of sp³-hybridized carbons (Fsp3) is 0.439. The first-order valence-electron chi connectivity index (χ1n) is 18.5. The number of nitrogens with zero attached hydrogens (tertiary/aromatic N) is 5. The van der Waals surface area contributed by atoms with Gasteiger partial charge < -0.3 is 24.5 Å². The minimum Gasteiger partial charge on any atom is -0.453 e. The summed E-state index contributed by atoms with van der Waals surface area (Å²) in [5.41, 5.74) is 7.98. The number of likely N-dealkylation sites (tertiary alicyclic amines) is 2. The highest BCUT2D eigenvalue weighted by Crippen LogP contribution is 2.36. The first kappa shape index (κ1) is 35.2. The van der Waals surface area contributed by atoms with Crippen LogP contribution in [0.5, 0.6) is 0 Å². The molecular formula is C41H49N7O4. The second-order valence-electron chi connectivity index (χ2n) is 15.1. The number of hydrogen-bond acceptors (Lipinski definition) is 6. The number of aromatic amines is 2. The number of ether oxygens (including phenoxy) is 1. The van der Waals surface area contributed by atoms with Gasteiger partial charge in [0.2, 0.25) is 11.8 Å². The normalized spacial score (nSPS) is 18.2. The molecule has 2 aliphatic heterocycles. The number of hydrogen-bond donors (Lipinski definition) is 2.